The Balaban J connectivity index is 1.70. The maximum Gasteiger partial charge on any atom is 0.315 e. The quantitative estimate of drug-likeness (QED) is 0.707. The van der Waals surface area contributed by atoms with Gasteiger partial charge in [-0.1, -0.05) is 30.3 Å². The fourth-order valence-corrected chi connectivity index (χ4v) is 2.28. The summed E-state index contributed by atoms with van der Waals surface area (Å²) in [6, 6.07) is 9.91. The third-order valence-electron chi connectivity index (χ3n) is 3.56. The number of ether oxygens (including phenoxy) is 1. The second-order valence-electron chi connectivity index (χ2n) is 5.17. The van der Waals surface area contributed by atoms with E-state index in [0.717, 1.165) is 6.42 Å². The Hall–Kier alpha value is -2.08. The summed E-state index contributed by atoms with van der Waals surface area (Å²) < 4.78 is 5.00. The first kappa shape index (κ1) is 15.3. The molecule has 3 unspecified atom stereocenters. The van der Waals surface area contributed by atoms with Gasteiger partial charge in [0.1, 0.15) is 0 Å². The standard InChI is InChI=1S/C15H20N2O4/c1-21-11(7-14(18)19)9-16-15(20)17-13-8-12(13)10-5-3-2-4-6-10/h2-6,11-13H,7-9H2,1H3,(H,18,19)(H2,16,17,20). The van der Waals surface area contributed by atoms with Gasteiger partial charge in [-0.2, -0.15) is 0 Å². The number of aliphatic carboxylic acids is 1. The van der Waals surface area contributed by atoms with Crippen molar-refractivity contribution in [2.45, 2.75) is 30.9 Å². The van der Waals surface area contributed by atoms with Crippen molar-refractivity contribution in [3.63, 3.8) is 0 Å². The summed E-state index contributed by atoms with van der Waals surface area (Å²) in [5.74, 6) is -0.579. The van der Waals surface area contributed by atoms with Crippen LogP contribution < -0.4 is 10.6 Å². The number of rotatable bonds is 7. The van der Waals surface area contributed by atoms with Crippen molar-refractivity contribution >= 4 is 12.0 Å². The van der Waals surface area contributed by atoms with Crippen LogP contribution in [0.15, 0.2) is 30.3 Å². The molecule has 0 spiro atoms. The van der Waals surface area contributed by atoms with Crippen molar-refractivity contribution in [2.24, 2.45) is 0 Å². The van der Waals surface area contributed by atoms with Gasteiger partial charge in [0, 0.05) is 25.6 Å². The van der Waals surface area contributed by atoms with Gasteiger partial charge in [-0.15, -0.1) is 0 Å². The Bertz CT molecular complexity index is 492. The molecule has 0 aliphatic heterocycles. The van der Waals surface area contributed by atoms with Crippen molar-refractivity contribution in [1.29, 1.82) is 0 Å². The largest absolute Gasteiger partial charge is 0.481 e. The zero-order chi connectivity index (χ0) is 15.2. The number of methoxy groups -OCH3 is 1. The molecule has 114 valence electrons. The smallest absolute Gasteiger partial charge is 0.315 e. The lowest BCUT2D eigenvalue weighted by atomic mass is 10.1. The lowest BCUT2D eigenvalue weighted by molar-refractivity contribution is -0.139. The molecule has 3 N–H and O–H groups in total. The average molecular weight is 292 g/mol. The molecular formula is C15H20N2O4. The Labute approximate surface area is 123 Å². The number of carboxylic acids is 1. The fourth-order valence-electron chi connectivity index (χ4n) is 2.28. The number of carbonyl (C=O) groups is 2. The number of amides is 2. The van der Waals surface area contributed by atoms with Crippen LogP contribution in [-0.4, -0.2) is 42.9 Å². The van der Waals surface area contributed by atoms with Crippen LogP contribution in [-0.2, 0) is 9.53 Å². The van der Waals surface area contributed by atoms with Gasteiger partial charge in [0.15, 0.2) is 0 Å². The second kappa shape index (κ2) is 7.08. The third kappa shape index (κ3) is 4.75. The predicted octanol–water partition coefficient (Wildman–Crippen LogP) is 1.33. The topological polar surface area (TPSA) is 87.7 Å². The minimum absolute atomic E-state index is 0.132. The third-order valence-corrected chi connectivity index (χ3v) is 3.56. The van der Waals surface area contributed by atoms with Crippen molar-refractivity contribution in [3.8, 4) is 0 Å². The number of hydrogen-bond donors (Lipinski definition) is 3. The van der Waals surface area contributed by atoms with Crippen LogP contribution in [0.4, 0.5) is 4.79 Å². The van der Waals surface area contributed by atoms with E-state index in [0.29, 0.717) is 5.92 Å². The van der Waals surface area contributed by atoms with Gasteiger partial charge >= 0.3 is 12.0 Å². The Morgan fingerprint density at radius 1 is 1.38 bits per heavy atom. The monoisotopic (exact) mass is 292 g/mol. The SMILES string of the molecule is COC(CNC(=O)NC1CC1c1ccccc1)CC(=O)O. The van der Waals surface area contributed by atoms with Crippen molar-refractivity contribution in [3.05, 3.63) is 35.9 Å². The molecule has 3 atom stereocenters. The summed E-state index contributed by atoms with van der Waals surface area (Å²) in [6.07, 6.45) is 0.282. The zero-order valence-corrected chi connectivity index (χ0v) is 11.9. The first-order valence-corrected chi connectivity index (χ1v) is 6.94. The molecule has 1 fully saturated rings. The van der Waals surface area contributed by atoms with Crippen LogP contribution in [0.25, 0.3) is 0 Å². The lowest BCUT2D eigenvalue weighted by Gasteiger charge is -2.14. The number of nitrogens with one attached hydrogen (secondary N) is 2. The van der Waals surface area contributed by atoms with Gasteiger partial charge < -0.3 is 20.5 Å². The molecule has 0 saturated heterocycles. The summed E-state index contributed by atoms with van der Waals surface area (Å²) in [5.41, 5.74) is 1.23. The number of hydrogen-bond acceptors (Lipinski definition) is 3. The van der Waals surface area contributed by atoms with Crippen LogP contribution >= 0.6 is 0 Å². The highest BCUT2D eigenvalue weighted by molar-refractivity contribution is 5.75. The summed E-state index contributed by atoms with van der Waals surface area (Å²) >= 11 is 0. The van der Waals surface area contributed by atoms with E-state index in [1.54, 1.807) is 0 Å². The van der Waals surface area contributed by atoms with Gasteiger partial charge in [-0.05, 0) is 12.0 Å². The first-order chi connectivity index (χ1) is 10.1. The van der Waals surface area contributed by atoms with Gasteiger partial charge in [0.05, 0.1) is 12.5 Å². The van der Waals surface area contributed by atoms with E-state index in [2.05, 4.69) is 22.8 Å². The van der Waals surface area contributed by atoms with E-state index in [1.807, 2.05) is 18.2 Å². The highest BCUT2D eigenvalue weighted by Crippen LogP contribution is 2.40. The number of carboxylic acid groups (broad SMARTS) is 1. The van der Waals surface area contributed by atoms with Crippen molar-refractivity contribution in [1.82, 2.24) is 10.6 Å². The van der Waals surface area contributed by atoms with Gasteiger partial charge in [0.2, 0.25) is 0 Å². The molecule has 6 heteroatoms. The average Bonchev–Trinajstić information content (AvgIpc) is 3.23. The van der Waals surface area contributed by atoms with Crippen molar-refractivity contribution < 1.29 is 19.4 Å². The lowest BCUT2D eigenvalue weighted by Crippen LogP contribution is -2.42. The Morgan fingerprint density at radius 3 is 2.71 bits per heavy atom. The molecule has 0 radical (unpaired) electrons. The molecule has 0 heterocycles. The summed E-state index contributed by atoms with van der Waals surface area (Å²) in [4.78, 5) is 22.3. The van der Waals surface area contributed by atoms with Crippen LogP contribution in [0.3, 0.4) is 0 Å². The summed E-state index contributed by atoms with van der Waals surface area (Å²) in [7, 11) is 1.43. The zero-order valence-electron chi connectivity index (χ0n) is 11.9. The van der Waals surface area contributed by atoms with E-state index >= 15 is 0 Å². The normalized spacial score (nSPS) is 21.4. The molecule has 1 aromatic rings. The number of carbonyl (C=O) groups excluding carboxylic acids is 1. The molecule has 21 heavy (non-hydrogen) atoms. The van der Waals surface area contributed by atoms with Gasteiger partial charge in [-0.25, -0.2) is 4.79 Å². The minimum Gasteiger partial charge on any atom is -0.481 e. The van der Waals surface area contributed by atoms with E-state index in [4.69, 9.17) is 9.84 Å². The highest BCUT2D eigenvalue weighted by atomic mass is 16.5. The maximum absolute atomic E-state index is 11.8. The predicted molar refractivity (Wildman–Crippen MR) is 77.2 cm³/mol. The van der Waals surface area contributed by atoms with Crippen LogP contribution in [0.1, 0.15) is 24.3 Å². The minimum atomic E-state index is -0.949. The Morgan fingerprint density at radius 2 is 2.10 bits per heavy atom. The maximum atomic E-state index is 11.8. The molecular weight excluding hydrogens is 272 g/mol. The van der Waals surface area contributed by atoms with Crippen molar-refractivity contribution in [2.75, 3.05) is 13.7 Å². The molecule has 1 aliphatic carbocycles. The highest BCUT2D eigenvalue weighted by Gasteiger charge is 2.39. The first-order valence-electron chi connectivity index (χ1n) is 6.94. The summed E-state index contributed by atoms with van der Waals surface area (Å²) in [6.45, 7) is 0.178. The molecule has 2 rings (SSSR count). The fraction of sp³-hybridized carbons (Fsp3) is 0.467. The van der Waals surface area contributed by atoms with Crippen LogP contribution in [0, 0.1) is 0 Å². The molecule has 1 saturated carbocycles. The molecule has 2 amide bonds. The number of benzene rings is 1. The number of urea groups is 1. The molecule has 0 aromatic heterocycles. The van der Waals surface area contributed by atoms with Crippen LogP contribution in [0.5, 0.6) is 0 Å². The summed E-state index contributed by atoms with van der Waals surface area (Å²) in [5, 5.41) is 14.2. The molecule has 0 bridgehead atoms. The Kier molecular flexibility index (Phi) is 5.16. The molecule has 1 aromatic carbocycles. The second-order valence-corrected chi connectivity index (χ2v) is 5.17. The van der Waals surface area contributed by atoms with E-state index in [-0.39, 0.29) is 25.0 Å². The molecule has 1 aliphatic rings. The van der Waals surface area contributed by atoms with Crippen LogP contribution in [0.2, 0.25) is 0 Å². The van der Waals surface area contributed by atoms with E-state index < -0.39 is 12.1 Å². The van der Waals surface area contributed by atoms with Gasteiger partial charge in [0.25, 0.3) is 0 Å². The van der Waals surface area contributed by atoms with E-state index in [9.17, 15) is 9.59 Å². The molecule has 6 nitrogen and oxygen atoms in total. The van der Waals surface area contributed by atoms with Gasteiger partial charge in [-0.3, -0.25) is 4.79 Å². The van der Waals surface area contributed by atoms with E-state index in [1.165, 1.54) is 12.7 Å².